The van der Waals surface area contributed by atoms with Crippen LogP contribution in [0, 0.1) is 6.92 Å². The predicted octanol–water partition coefficient (Wildman–Crippen LogP) is 3.29. The van der Waals surface area contributed by atoms with Crippen molar-refractivity contribution in [2.75, 3.05) is 13.1 Å². The number of rotatable bonds is 5. The lowest BCUT2D eigenvalue weighted by Gasteiger charge is -2.16. The molecule has 1 fully saturated rings. The largest absolute Gasteiger partial charge is 0.308 e. The van der Waals surface area contributed by atoms with E-state index in [0.29, 0.717) is 12.1 Å². The fraction of sp³-hybridized carbons (Fsp3) is 0.438. The van der Waals surface area contributed by atoms with E-state index < -0.39 is 0 Å². The van der Waals surface area contributed by atoms with Gasteiger partial charge in [-0.3, -0.25) is 10.9 Å². The van der Waals surface area contributed by atoms with Crippen LogP contribution in [0.5, 0.6) is 0 Å². The number of aromatic nitrogens is 1. The minimum absolute atomic E-state index is 0.306. The van der Waals surface area contributed by atoms with Crippen molar-refractivity contribution in [1.29, 1.82) is 0 Å². The molecule has 1 saturated heterocycles. The number of nitrogens with zero attached hydrogens (tertiary/aromatic N) is 1. The normalized spacial score (nSPS) is 19.5. The van der Waals surface area contributed by atoms with Gasteiger partial charge in [-0.2, -0.15) is 0 Å². The van der Waals surface area contributed by atoms with Crippen molar-refractivity contribution in [2.45, 2.75) is 32.4 Å². The molecule has 2 unspecified atom stereocenters. The van der Waals surface area contributed by atoms with Gasteiger partial charge in [-0.25, -0.2) is 4.98 Å². The molecule has 1 aliphatic heterocycles. The van der Waals surface area contributed by atoms with Crippen LogP contribution in [0.15, 0.2) is 24.3 Å². The van der Waals surface area contributed by atoms with E-state index in [1.165, 1.54) is 4.88 Å². The van der Waals surface area contributed by atoms with Gasteiger partial charge in [0.05, 0.1) is 5.69 Å². The summed E-state index contributed by atoms with van der Waals surface area (Å²) in [5.74, 6) is 0. The van der Waals surface area contributed by atoms with E-state index in [1.807, 2.05) is 24.3 Å². The van der Waals surface area contributed by atoms with Gasteiger partial charge in [0, 0.05) is 40.6 Å². The number of hydrazine groups is 1. The molecule has 1 aliphatic rings. The summed E-state index contributed by atoms with van der Waals surface area (Å²) in [5.41, 5.74) is 8.67. The number of nitrogens with one attached hydrogen (secondary N) is 3. The molecule has 22 heavy (non-hydrogen) atoms. The Hall–Kier alpha value is -0.980. The molecule has 2 heterocycles. The van der Waals surface area contributed by atoms with Crippen molar-refractivity contribution in [3.8, 4) is 10.6 Å². The fourth-order valence-corrected chi connectivity index (χ4v) is 3.85. The summed E-state index contributed by atoms with van der Waals surface area (Å²) in [6.45, 7) is 6.29. The average molecular weight is 337 g/mol. The Bertz CT molecular complexity index is 620. The van der Waals surface area contributed by atoms with E-state index in [9.17, 15) is 0 Å². The van der Waals surface area contributed by atoms with Crippen LogP contribution in [0.25, 0.3) is 10.6 Å². The number of hydrogen-bond acceptors (Lipinski definition) is 5. The lowest BCUT2D eigenvalue weighted by molar-refractivity contribution is 0.474. The van der Waals surface area contributed by atoms with Gasteiger partial charge >= 0.3 is 0 Å². The summed E-state index contributed by atoms with van der Waals surface area (Å²) < 4.78 is 0. The van der Waals surface area contributed by atoms with Gasteiger partial charge in [-0.15, -0.1) is 11.3 Å². The van der Waals surface area contributed by atoms with Crippen molar-refractivity contribution in [2.24, 2.45) is 0 Å². The third-order valence-electron chi connectivity index (χ3n) is 3.91. The van der Waals surface area contributed by atoms with Crippen molar-refractivity contribution in [3.05, 3.63) is 39.9 Å². The van der Waals surface area contributed by atoms with Gasteiger partial charge in [-0.1, -0.05) is 23.7 Å². The summed E-state index contributed by atoms with van der Waals surface area (Å²) >= 11 is 7.71. The van der Waals surface area contributed by atoms with Crippen LogP contribution in [0.2, 0.25) is 5.02 Å². The highest BCUT2D eigenvalue weighted by molar-refractivity contribution is 7.15. The van der Waals surface area contributed by atoms with Crippen molar-refractivity contribution < 1.29 is 0 Å². The molecule has 2 aromatic rings. The molecular weight excluding hydrogens is 316 g/mol. The highest BCUT2D eigenvalue weighted by Gasteiger charge is 2.18. The first kappa shape index (κ1) is 15.9. The lowest BCUT2D eigenvalue weighted by Crippen LogP contribution is -2.38. The van der Waals surface area contributed by atoms with E-state index >= 15 is 0 Å². The van der Waals surface area contributed by atoms with Crippen LogP contribution in [-0.4, -0.2) is 24.1 Å². The SMILES string of the molecule is Cc1nc(-c2ccc(Cl)cc2)sc1C(C)NCC1CCNN1. The summed E-state index contributed by atoms with van der Waals surface area (Å²) in [5, 5.41) is 5.41. The number of aryl methyl sites for hydroxylation is 1. The molecule has 0 spiro atoms. The first-order valence-electron chi connectivity index (χ1n) is 7.58. The number of hydrogen-bond donors (Lipinski definition) is 3. The molecule has 0 bridgehead atoms. The van der Waals surface area contributed by atoms with Crippen molar-refractivity contribution in [3.63, 3.8) is 0 Å². The Balaban J connectivity index is 1.69. The summed E-state index contributed by atoms with van der Waals surface area (Å²) in [7, 11) is 0. The molecular formula is C16H21ClN4S. The molecule has 0 amide bonds. The minimum Gasteiger partial charge on any atom is -0.308 e. The Morgan fingerprint density at radius 2 is 2.18 bits per heavy atom. The summed E-state index contributed by atoms with van der Waals surface area (Å²) in [4.78, 5) is 6.02. The molecule has 4 nitrogen and oxygen atoms in total. The third kappa shape index (κ3) is 3.67. The van der Waals surface area contributed by atoms with Crippen LogP contribution in [0.4, 0.5) is 0 Å². The van der Waals surface area contributed by atoms with Gasteiger partial charge in [0.15, 0.2) is 0 Å². The summed E-state index contributed by atoms with van der Waals surface area (Å²) in [6, 6.07) is 8.68. The van der Waals surface area contributed by atoms with E-state index in [4.69, 9.17) is 16.6 Å². The molecule has 3 rings (SSSR count). The quantitative estimate of drug-likeness (QED) is 0.784. The van der Waals surface area contributed by atoms with Crippen LogP contribution in [-0.2, 0) is 0 Å². The predicted molar refractivity (Wildman–Crippen MR) is 93.3 cm³/mol. The topological polar surface area (TPSA) is 49.0 Å². The molecule has 0 aliphatic carbocycles. The monoisotopic (exact) mass is 336 g/mol. The lowest BCUT2D eigenvalue weighted by atomic mass is 10.2. The minimum atomic E-state index is 0.306. The van der Waals surface area contributed by atoms with Gasteiger partial charge < -0.3 is 5.32 Å². The molecule has 1 aromatic heterocycles. The standard InChI is InChI=1S/C16H21ClN4S/c1-10(18-9-14-7-8-19-21-14)15-11(2)20-16(22-15)12-3-5-13(17)6-4-12/h3-6,10,14,18-19,21H,7-9H2,1-2H3. The van der Waals surface area contributed by atoms with Crippen LogP contribution in [0.3, 0.4) is 0 Å². The van der Waals surface area contributed by atoms with E-state index in [-0.39, 0.29) is 0 Å². The second-order valence-corrected chi connectivity index (χ2v) is 7.13. The van der Waals surface area contributed by atoms with Gasteiger partial charge in [0.25, 0.3) is 0 Å². The van der Waals surface area contributed by atoms with Crippen molar-refractivity contribution in [1.82, 2.24) is 21.2 Å². The first-order chi connectivity index (χ1) is 10.6. The molecule has 3 N–H and O–H groups in total. The highest BCUT2D eigenvalue weighted by atomic mass is 35.5. The third-order valence-corrected chi connectivity index (χ3v) is 5.55. The fourth-order valence-electron chi connectivity index (χ4n) is 2.63. The second kappa shape index (κ2) is 7.06. The van der Waals surface area contributed by atoms with E-state index in [2.05, 4.69) is 30.0 Å². The smallest absolute Gasteiger partial charge is 0.123 e. The zero-order chi connectivity index (χ0) is 15.5. The molecule has 0 radical (unpaired) electrons. The van der Waals surface area contributed by atoms with Gasteiger partial charge in [-0.05, 0) is 32.4 Å². The Morgan fingerprint density at radius 3 is 2.86 bits per heavy atom. The summed E-state index contributed by atoms with van der Waals surface area (Å²) in [6.07, 6.45) is 1.16. The Kier molecular flexibility index (Phi) is 5.10. The van der Waals surface area contributed by atoms with Gasteiger partial charge in [0.1, 0.15) is 5.01 Å². The average Bonchev–Trinajstić information content (AvgIpc) is 3.15. The zero-order valence-corrected chi connectivity index (χ0v) is 14.4. The molecule has 2 atom stereocenters. The number of halogens is 1. The highest BCUT2D eigenvalue weighted by Crippen LogP contribution is 2.32. The molecule has 6 heteroatoms. The van der Waals surface area contributed by atoms with Crippen LogP contribution < -0.4 is 16.2 Å². The first-order valence-corrected chi connectivity index (χ1v) is 8.78. The number of thiazole rings is 1. The second-order valence-electron chi connectivity index (χ2n) is 5.66. The Labute approximate surface area is 140 Å². The van der Waals surface area contributed by atoms with E-state index in [1.54, 1.807) is 11.3 Å². The molecule has 1 aromatic carbocycles. The maximum absolute atomic E-state index is 5.95. The van der Waals surface area contributed by atoms with Crippen LogP contribution in [0.1, 0.15) is 30.0 Å². The maximum atomic E-state index is 5.95. The number of benzene rings is 1. The van der Waals surface area contributed by atoms with Crippen LogP contribution >= 0.6 is 22.9 Å². The zero-order valence-electron chi connectivity index (χ0n) is 12.8. The Morgan fingerprint density at radius 1 is 1.41 bits per heavy atom. The van der Waals surface area contributed by atoms with Gasteiger partial charge in [0.2, 0.25) is 0 Å². The molecule has 0 saturated carbocycles. The van der Waals surface area contributed by atoms with Crippen molar-refractivity contribution >= 4 is 22.9 Å². The maximum Gasteiger partial charge on any atom is 0.123 e. The molecule has 118 valence electrons. The van der Waals surface area contributed by atoms with E-state index in [0.717, 1.165) is 40.8 Å².